The molecule has 7 aliphatic rings. The summed E-state index contributed by atoms with van der Waals surface area (Å²) in [6, 6.07) is 10.4. The molecule has 7 aliphatic carbocycles. The Morgan fingerprint density at radius 3 is 2.52 bits per heavy atom. The van der Waals surface area contributed by atoms with Gasteiger partial charge in [-0.25, -0.2) is 14.4 Å². The van der Waals surface area contributed by atoms with E-state index in [9.17, 15) is 9.18 Å². The van der Waals surface area contributed by atoms with Crippen LogP contribution in [0, 0.1) is 17.8 Å². The summed E-state index contributed by atoms with van der Waals surface area (Å²) in [5.41, 5.74) is 2.09. The highest BCUT2D eigenvalue weighted by molar-refractivity contribution is 7.18. The predicted molar refractivity (Wildman–Crippen MR) is 158 cm³/mol. The average Bonchev–Trinajstić information content (AvgIpc) is 3.57. The molecule has 0 radical (unpaired) electrons. The molecule has 0 atom stereocenters. The molecule has 7 nitrogen and oxygen atoms in total. The number of anilines is 1. The van der Waals surface area contributed by atoms with Gasteiger partial charge in [0, 0.05) is 35.3 Å². The molecular formula is C33H34FN5O2S. The maximum atomic E-state index is 14.6. The second kappa shape index (κ2) is 8.46. The molecule has 1 aromatic carbocycles. The van der Waals surface area contributed by atoms with Gasteiger partial charge in [0.2, 0.25) is 11.8 Å². The van der Waals surface area contributed by atoms with Gasteiger partial charge in [0.15, 0.2) is 11.5 Å². The number of alkyl halides is 1. The Balaban J connectivity index is 1.02. The number of benzene rings is 1. The van der Waals surface area contributed by atoms with E-state index in [2.05, 4.69) is 33.3 Å². The minimum atomic E-state index is -1.12. The first kappa shape index (κ1) is 25.3. The van der Waals surface area contributed by atoms with Crippen molar-refractivity contribution in [3.05, 3.63) is 53.3 Å². The van der Waals surface area contributed by atoms with Gasteiger partial charge in [-0.05, 0) is 107 Å². The SMILES string of the molecule is Cc1nc2ncc(-c3cccc(N(CC45CCC(c6nc(C7CC7)no6)(CC4)CC5)C(=O)C45CC(F)(C4)C5)c3)cc2s1. The number of aromatic nitrogens is 4. The smallest absolute Gasteiger partial charge is 0.233 e. The zero-order valence-electron chi connectivity index (χ0n) is 23.9. The van der Waals surface area contributed by atoms with E-state index in [1.54, 1.807) is 11.3 Å². The Hall–Kier alpha value is -3.20. The molecular weight excluding hydrogens is 549 g/mol. The number of aryl methyl sites for hydroxylation is 1. The summed E-state index contributed by atoms with van der Waals surface area (Å²) in [5.74, 6) is 2.32. The van der Waals surface area contributed by atoms with E-state index in [-0.39, 0.29) is 16.7 Å². The summed E-state index contributed by atoms with van der Waals surface area (Å²) < 4.78 is 21.5. The van der Waals surface area contributed by atoms with Crippen LogP contribution in [0.2, 0.25) is 0 Å². The summed E-state index contributed by atoms with van der Waals surface area (Å²) in [6.07, 6.45) is 11.5. The zero-order chi connectivity index (χ0) is 28.3. The van der Waals surface area contributed by atoms with E-state index in [1.807, 2.05) is 30.2 Å². The van der Waals surface area contributed by atoms with Gasteiger partial charge in [0.05, 0.1) is 15.1 Å². The first-order valence-corrected chi connectivity index (χ1v) is 16.3. The van der Waals surface area contributed by atoms with E-state index in [1.165, 1.54) is 12.8 Å². The third kappa shape index (κ3) is 3.77. The lowest BCUT2D eigenvalue weighted by molar-refractivity contribution is -0.211. The molecule has 11 rings (SSSR count). The number of thiazole rings is 1. The lowest BCUT2D eigenvalue weighted by atomic mass is 9.41. The van der Waals surface area contributed by atoms with Crippen LogP contribution in [0.1, 0.15) is 93.3 Å². The lowest BCUT2D eigenvalue weighted by Gasteiger charge is -2.65. The molecule has 9 heteroatoms. The number of nitrogens with zero attached hydrogens (tertiary/aromatic N) is 5. The number of fused-ring (bicyclic) bond motifs is 4. The second-order valence-corrected chi connectivity index (χ2v) is 15.4. The second-order valence-electron chi connectivity index (χ2n) is 14.2. The number of halogens is 1. The number of amides is 1. The van der Waals surface area contributed by atoms with E-state index in [4.69, 9.17) is 9.51 Å². The molecule has 0 spiro atoms. The van der Waals surface area contributed by atoms with Gasteiger partial charge in [0.25, 0.3) is 0 Å². The molecule has 7 saturated carbocycles. The fraction of sp³-hybridized carbons (Fsp3) is 0.545. The molecule has 0 N–H and O–H groups in total. The van der Waals surface area contributed by atoms with Gasteiger partial charge in [-0.2, -0.15) is 4.98 Å². The first-order chi connectivity index (χ1) is 20.3. The third-order valence-corrected chi connectivity index (χ3v) is 12.1. The standard InChI is InChI=1S/C33H34FN5O2S/c1-20-36-27-25(42-20)14-23(15-35-27)22-3-2-4-24(13-22)39(29(40)32-16-33(34,17-32)18-32)19-30-7-10-31(11-8-30,12-9-30)28-37-26(38-41-28)21-5-6-21/h2-4,13-15,21H,5-12,16-19H2,1H3. The Morgan fingerprint density at radius 1 is 1.05 bits per heavy atom. The Kier molecular flexibility index (Phi) is 5.10. The van der Waals surface area contributed by atoms with Crippen LogP contribution < -0.4 is 4.90 Å². The number of carbonyl (C=O) groups is 1. The zero-order valence-corrected chi connectivity index (χ0v) is 24.7. The minimum absolute atomic E-state index is 0.0221. The monoisotopic (exact) mass is 583 g/mol. The number of pyridine rings is 1. The molecule has 1 amide bonds. The van der Waals surface area contributed by atoms with E-state index in [0.29, 0.717) is 31.7 Å². The maximum Gasteiger partial charge on any atom is 0.233 e. The Bertz CT molecular complexity index is 1710. The molecule has 7 fully saturated rings. The maximum absolute atomic E-state index is 14.6. The minimum Gasteiger partial charge on any atom is -0.339 e. The van der Waals surface area contributed by atoms with Crippen molar-refractivity contribution in [1.29, 1.82) is 0 Å². The van der Waals surface area contributed by atoms with Crippen molar-refractivity contribution in [2.24, 2.45) is 10.8 Å². The molecule has 0 saturated heterocycles. The van der Waals surface area contributed by atoms with Crippen molar-refractivity contribution in [3.63, 3.8) is 0 Å². The van der Waals surface area contributed by atoms with Crippen molar-refractivity contribution in [2.75, 3.05) is 11.4 Å². The molecule has 4 aromatic rings. The molecule has 216 valence electrons. The third-order valence-electron chi connectivity index (χ3n) is 11.2. The Labute approximate surface area is 247 Å². The van der Waals surface area contributed by atoms with Gasteiger partial charge in [-0.3, -0.25) is 4.79 Å². The van der Waals surface area contributed by atoms with E-state index >= 15 is 0 Å². The highest BCUT2D eigenvalue weighted by Crippen LogP contribution is 2.70. The number of hydrogen-bond acceptors (Lipinski definition) is 7. The summed E-state index contributed by atoms with van der Waals surface area (Å²) in [5, 5.41) is 5.31. The predicted octanol–water partition coefficient (Wildman–Crippen LogP) is 7.44. The van der Waals surface area contributed by atoms with E-state index < -0.39 is 11.1 Å². The van der Waals surface area contributed by atoms with Crippen molar-refractivity contribution < 1.29 is 13.7 Å². The van der Waals surface area contributed by atoms with Crippen molar-refractivity contribution in [2.45, 2.75) is 94.6 Å². The summed E-state index contributed by atoms with van der Waals surface area (Å²) in [4.78, 5) is 30.2. The van der Waals surface area contributed by atoms with Crippen LogP contribution in [0.3, 0.4) is 0 Å². The average molecular weight is 584 g/mol. The number of hydrogen-bond donors (Lipinski definition) is 0. The van der Waals surface area contributed by atoms with Crippen LogP contribution in [0.4, 0.5) is 10.1 Å². The number of carbonyl (C=O) groups excluding carboxylic acids is 1. The van der Waals surface area contributed by atoms with Gasteiger partial charge >= 0.3 is 0 Å². The quantitative estimate of drug-likeness (QED) is 0.225. The summed E-state index contributed by atoms with van der Waals surface area (Å²) in [7, 11) is 0. The van der Waals surface area contributed by atoms with Gasteiger partial charge in [-0.1, -0.05) is 17.3 Å². The van der Waals surface area contributed by atoms with Gasteiger partial charge < -0.3 is 9.42 Å². The van der Waals surface area contributed by atoms with Crippen LogP contribution in [-0.4, -0.2) is 38.2 Å². The molecule has 42 heavy (non-hydrogen) atoms. The van der Waals surface area contributed by atoms with Crippen molar-refractivity contribution >= 4 is 33.3 Å². The fourth-order valence-corrected chi connectivity index (χ4v) is 9.34. The summed E-state index contributed by atoms with van der Waals surface area (Å²) >= 11 is 1.64. The molecule has 3 aromatic heterocycles. The van der Waals surface area contributed by atoms with Crippen LogP contribution in [0.5, 0.6) is 0 Å². The van der Waals surface area contributed by atoms with Crippen LogP contribution in [0.15, 0.2) is 41.1 Å². The van der Waals surface area contributed by atoms with Crippen LogP contribution in [0.25, 0.3) is 21.5 Å². The fourth-order valence-electron chi connectivity index (χ4n) is 8.51. The van der Waals surface area contributed by atoms with Gasteiger partial charge in [-0.15, -0.1) is 11.3 Å². The highest BCUT2D eigenvalue weighted by atomic mass is 32.1. The number of rotatable bonds is 7. The highest BCUT2D eigenvalue weighted by Gasteiger charge is 2.73. The van der Waals surface area contributed by atoms with Crippen LogP contribution in [-0.2, 0) is 10.2 Å². The Morgan fingerprint density at radius 2 is 1.81 bits per heavy atom. The topological polar surface area (TPSA) is 85.0 Å². The summed E-state index contributed by atoms with van der Waals surface area (Å²) in [6.45, 7) is 2.67. The van der Waals surface area contributed by atoms with Gasteiger partial charge in [0.1, 0.15) is 5.67 Å². The molecule has 0 aliphatic heterocycles. The van der Waals surface area contributed by atoms with Crippen LogP contribution >= 0.6 is 11.3 Å². The normalized spacial score (nSPS) is 32.9. The molecule has 4 bridgehead atoms. The van der Waals surface area contributed by atoms with E-state index in [0.717, 1.165) is 82.4 Å². The lowest BCUT2D eigenvalue weighted by Crippen LogP contribution is -2.71. The van der Waals surface area contributed by atoms with Crippen molar-refractivity contribution in [3.8, 4) is 11.1 Å². The molecule has 3 heterocycles. The largest absolute Gasteiger partial charge is 0.339 e. The molecule has 0 unspecified atom stereocenters. The van der Waals surface area contributed by atoms with Crippen molar-refractivity contribution in [1.82, 2.24) is 20.1 Å². The first-order valence-electron chi connectivity index (χ1n) is 15.4.